The largest absolute Gasteiger partial charge is 0.508 e. The van der Waals surface area contributed by atoms with Crippen LogP contribution in [0.25, 0.3) is 11.8 Å². The molecule has 1 aliphatic carbocycles. The van der Waals surface area contributed by atoms with Gasteiger partial charge in [0.1, 0.15) is 5.75 Å². The molecule has 0 saturated heterocycles. The van der Waals surface area contributed by atoms with Crippen molar-refractivity contribution in [3.05, 3.63) is 125 Å². The standard InChI is InChI=1S/C27H19BrN2O2S/c28-19-11-8-18(9-12-19)25-22-13-10-17-5-1-2-7-21(17)24(22)29-27-30(25)26(32)23(33-27)15-16-4-3-6-20(31)14-16/h1-9,11-12,14-15,25,31H,10,13H2/b23-15+/t25-/m1/s1. The van der Waals surface area contributed by atoms with Crippen molar-refractivity contribution in [2.75, 3.05) is 0 Å². The first-order valence-corrected chi connectivity index (χ1v) is 12.4. The van der Waals surface area contributed by atoms with E-state index in [9.17, 15) is 9.90 Å². The van der Waals surface area contributed by atoms with Crippen molar-refractivity contribution in [1.82, 2.24) is 4.57 Å². The molecule has 33 heavy (non-hydrogen) atoms. The van der Waals surface area contributed by atoms with Gasteiger partial charge in [0, 0.05) is 10.0 Å². The van der Waals surface area contributed by atoms with Gasteiger partial charge in [-0.25, -0.2) is 4.99 Å². The van der Waals surface area contributed by atoms with E-state index in [-0.39, 0.29) is 17.4 Å². The molecular formula is C27H19BrN2O2S. The highest BCUT2D eigenvalue weighted by Gasteiger charge is 2.32. The van der Waals surface area contributed by atoms with Gasteiger partial charge in [-0.05, 0) is 65.4 Å². The second-order valence-electron chi connectivity index (χ2n) is 8.26. The molecule has 0 radical (unpaired) electrons. The molecule has 0 amide bonds. The molecule has 1 atom stereocenters. The molecule has 1 N–H and O–H groups in total. The summed E-state index contributed by atoms with van der Waals surface area (Å²) in [7, 11) is 0. The molecular weight excluding hydrogens is 496 g/mol. The smallest absolute Gasteiger partial charge is 0.271 e. The third-order valence-corrected chi connectivity index (χ3v) is 7.74. The van der Waals surface area contributed by atoms with E-state index in [2.05, 4.69) is 52.3 Å². The first-order chi connectivity index (χ1) is 16.1. The highest BCUT2D eigenvalue weighted by atomic mass is 79.9. The topological polar surface area (TPSA) is 54.6 Å². The third-order valence-electron chi connectivity index (χ3n) is 6.23. The number of phenols is 1. The molecule has 3 aromatic carbocycles. The molecule has 2 aliphatic rings. The van der Waals surface area contributed by atoms with Crippen LogP contribution in [0.1, 0.15) is 34.7 Å². The van der Waals surface area contributed by atoms with E-state index in [1.165, 1.54) is 22.5 Å². The van der Waals surface area contributed by atoms with E-state index in [1.54, 1.807) is 18.2 Å². The maximum absolute atomic E-state index is 13.7. The molecule has 4 aromatic rings. The van der Waals surface area contributed by atoms with E-state index in [0.29, 0.717) is 9.33 Å². The lowest BCUT2D eigenvalue weighted by Gasteiger charge is -2.30. The summed E-state index contributed by atoms with van der Waals surface area (Å²) >= 11 is 4.93. The number of aromatic nitrogens is 1. The first kappa shape index (κ1) is 20.4. The van der Waals surface area contributed by atoms with E-state index in [0.717, 1.165) is 39.7 Å². The normalized spacial score (nSPS) is 17.2. The number of nitrogens with zero attached hydrogens (tertiary/aromatic N) is 2. The van der Waals surface area contributed by atoms with Gasteiger partial charge in [-0.15, -0.1) is 0 Å². The van der Waals surface area contributed by atoms with Crippen LogP contribution in [-0.4, -0.2) is 9.67 Å². The average molecular weight is 515 g/mol. The predicted octanol–water partition coefficient (Wildman–Crippen LogP) is 4.79. The molecule has 0 unspecified atom stereocenters. The maximum Gasteiger partial charge on any atom is 0.271 e. The van der Waals surface area contributed by atoms with Gasteiger partial charge in [0.25, 0.3) is 5.56 Å². The Balaban J connectivity index is 1.63. The number of thiazole rings is 1. The Morgan fingerprint density at radius 2 is 1.85 bits per heavy atom. The molecule has 6 heteroatoms. The van der Waals surface area contributed by atoms with Crippen molar-refractivity contribution in [3.63, 3.8) is 0 Å². The zero-order chi connectivity index (χ0) is 22.5. The van der Waals surface area contributed by atoms with Crippen molar-refractivity contribution >= 4 is 39.0 Å². The van der Waals surface area contributed by atoms with E-state index in [1.807, 2.05) is 28.8 Å². The second-order valence-corrected chi connectivity index (χ2v) is 10.2. The highest BCUT2D eigenvalue weighted by molar-refractivity contribution is 9.10. The number of rotatable bonds is 2. The highest BCUT2D eigenvalue weighted by Crippen LogP contribution is 2.41. The van der Waals surface area contributed by atoms with Crippen LogP contribution < -0.4 is 14.9 Å². The lowest BCUT2D eigenvalue weighted by Crippen LogP contribution is -2.38. The minimum Gasteiger partial charge on any atom is -0.508 e. The Kier molecular flexibility index (Phi) is 4.93. The van der Waals surface area contributed by atoms with Crippen LogP contribution in [0.15, 0.2) is 92.6 Å². The fourth-order valence-corrected chi connectivity index (χ4v) is 6.00. The summed E-state index contributed by atoms with van der Waals surface area (Å²) in [6, 6.07) is 23.4. The number of hydrogen-bond acceptors (Lipinski definition) is 4. The van der Waals surface area contributed by atoms with Gasteiger partial charge in [0.15, 0.2) is 4.80 Å². The molecule has 0 fully saturated rings. The molecule has 1 aromatic heterocycles. The molecule has 4 nitrogen and oxygen atoms in total. The fraction of sp³-hybridized carbons (Fsp3) is 0.111. The molecule has 0 spiro atoms. The Hall–Kier alpha value is -3.22. The Bertz CT molecular complexity index is 1610. The third kappa shape index (κ3) is 3.50. The summed E-state index contributed by atoms with van der Waals surface area (Å²) in [6.07, 6.45) is 3.64. The van der Waals surface area contributed by atoms with Crippen molar-refractivity contribution < 1.29 is 5.11 Å². The van der Waals surface area contributed by atoms with Crippen molar-refractivity contribution in [3.8, 4) is 5.75 Å². The minimum absolute atomic E-state index is 0.0552. The quantitative estimate of drug-likeness (QED) is 0.418. The van der Waals surface area contributed by atoms with Crippen LogP contribution in [-0.2, 0) is 6.42 Å². The predicted molar refractivity (Wildman–Crippen MR) is 135 cm³/mol. The molecule has 2 heterocycles. The maximum atomic E-state index is 13.7. The number of aromatic hydroxyl groups is 1. The zero-order valence-electron chi connectivity index (χ0n) is 17.5. The fourth-order valence-electron chi connectivity index (χ4n) is 4.73. The Morgan fingerprint density at radius 3 is 2.67 bits per heavy atom. The van der Waals surface area contributed by atoms with Crippen molar-refractivity contribution in [1.29, 1.82) is 0 Å². The summed E-state index contributed by atoms with van der Waals surface area (Å²) in [5.74, 6) is 0.177. The Labute approximate surface area is 202 Å². The lowest BCUT2D eigenvalue weighted by molar-refractivity contribution is 0.475. The SMILES string of the molecule is O=c1/c(=C\c2cccc(O)c2)sc2n1[C@H](c1ccc(Br)cc1)C1=C(N=2)c2ccccc2CC1. The van der Waals surface area contributed by atoms with Gasteiger partial charge in [-0.1, -0.05) is 75.8 Å². The first-order valence-electron chi connectivity index (χ1n) is 10.8. The van der Waals surface area contributed by atoms with E-state index in [4.69, 9.17) is 4.99 Å². The van der Waals surface area contributed by atoms with Gasteiger partial charge in [0.2, 0.25) is 0 Å². The summed E-state index contributed by atoms with van der Waals surface area (Å²) in [4.78, 5) is 19.4. The molecule has 0 saturated carbocycles. The number of allylic oxidation sites excluding steroid dienone is 1. The zero-order valence-corrected chi connectivity index (χ0v) is 19.9. The minimum atomic E-state index is -0.191. The van der Waals surface area contributed by atoms with Gasteiger partial charge in [-0.3, -0.25) is 9.36 Å². The van der Waals surface area contributed by atoms with Gasteiger partial charge in [0.05, 0.1) is 16.3 Å². The van der Waals surface area contributed by atoms with Crippen molar-refractivity contribution in [2.45, 2.75) is 18.9 Å². The van der Waals surface area contributed by atoms with Crippen LogP contribution in [0.5, 0.6) is 5.75 Å². The monoisotopic (exact) mass is 514 g/mol. The second kappa shape index (κ2) is 7.97. The molecule has 0 bridgehead atoms. The molecule has 6 rings (SSSR count). The molecule has 1 aliphatic heterocycles. The van der Waals surface area contributed by atoms with E-state index < -0.39 is 0 Å². The summed E-state index contributed by atoms with van der Waals surface area (Å²) < 4.78 is 3.45. The summed E-state index contributed by atoms with van der Waals surface area (Å²) in [6.45, 7) is 0. The summed E-state index contributed by atoms with van der Waals surface area (Å²) in [5.41, 5.74) is 6.45. The van der Waals surface area contributed by atoms with Crippen LogP contribution in [0.4, 0.5) is 0 Å². The van der Waals surface area contributed by atoms with Crippen LogP contribution in [0.2, 0.25) is 0 Å². The van der Waals surface area contributed by atoms with E-state index >= 15 is 0 Å². The number of hydrogen-bond donors (Lipinski definition) is 1. The van der Waals surface area contributed by atoms with Crippen LogP contribution in [0.3, 0.4) is 0 Å². The van der Waals surface area contributed by atoms with Gasteiger partial charge < -0.3 is 5.11 Å². The number of benzene rings is 3. The number of halogens is 1. The van der Waals surface area contributed by atoms with Gasteiger partial charge in [-0.2, -0.15) is 0 Å². The lowest BCUT2D eigenvalue weighted by atomic mass is 9.83. The number of fused-ring (bicyclic) bond motifs is 3. The van der Waals surface area contributed by atoms with Crippen LogP contribution in [0, 0.1) is 0 Å². The molecule has 162 valence electrons. The average Bonchev–Trinajstić information content (AvgIpc) is 3.13. The Morgan fingerprint density at radius 1 is 1.03 bits per heavy atom. The number of aryl methyl sites for hydroxylation is 1. The van der Waals surface area contributed by atoms with Gasteiger partial charge >= 0.3 is 0 Å². The van der Waals surface area contributed by atoms with Crippen LogP contribution >= 0.6 is 27.3 Å². The summed E-state index contributed by atoms with van der Waals surface area (Å²) in [5, 5.41) is 9.84. The van der Waals surface area contributed by atoms with Crippen molar-refractivity contribution in [2.24, 2.45) is 4.99 Å². The number of phenolic OH excluding ortho intramolecular Hbond substituents is 1.